The van der Waals surface area contributed by atoms with Gasteiger partial charge in [0.2, 0.25) is 10.0 Å². The zero-order valence-electron chi connectivity index (χ0n) is 10.7. The van der Waals surface area contributed by atoms with Crippen LogP contribution >= 0.6 is 0 Å². The summed E-state index contributed by atoms with van der Waals surface area (Å²) in [6.45, 7) is 4.10. The third-order valence-corrected chi connectivity index (χ3v) is 3.63. The Balaban J connectivity index is 2.14. The Kier molecular flexibility index (Phi) is 6.40. The van der Waals surface area contributed by atoms with Crippen LogP contribution in [0, 0.1) is 0 Å². The van der Waals surface area contributed by atoms with E-state index in [9.17, 15) is 8.42 Å². The normalized spacial score (nSPS) is 26.0. The molecule has 1 heterocycles. The van der Waals surface area contributed by atoms with Crippen LogP contribution in [-0.2, 0) is 14.8 Å². The second kappa shape index (κ2) is 7.31. The van der Waals surface area contributed by atoms with E-state index >= 15 is 0 Å². The number of sulfonamides is 1. The fourth-order valence-electron chi connectivity index (χ4n) is 2.10. The van der Waals surface area contributed by atoms with Crippen molar-refractivity contribution >= 4 is 10.0 Å². The Bertz CT molecular complexity index is 304. The second-order valence-electron chi connectivity index (χ2n) is 4.62. The van der Waals surface area contributed by atoms with Crippen LogP contribution in [0.5, 0.6) is 0 Å². The fraction of sp³-hybridized carbons (Fsp3) is 1.00. The predicted molar refractivity (Wildman–Crippen MR) is 68.5 cm³/mol. The van der Waals surface area contributed by atoms with Crippen LogP contribution in [-0.4, -0.2) is 46.5 Å². The highest BCUT2D eigenvalue weighted by atomic mass is 32.2. The molecular formula is C11H24N2O3S. The molecule has 1 fully saturated rings. The molecule has 0 aromatic heterocycles. The van der Waals surface area contributed by atoms with Gasteiger partial charge in [0.25, 0.3) is 0 Å². The maximum Gasteiger partial charge on any atom is 0.208 e. The van der Waals surface area contributed by atoms with Gasteiger partial charge in [-0.25, -0.2) is 13.1 Å². The smallest absolute Gasteiger partial charge is 0.208 e. The second-order valence-corrected chi connectivity index (χ2v) is 6.46. The van der Waals surface area contributed by atoms with Crippen molar-refractivity contribution in [2.45, 2.75) is 44.8 Å². The minimum atomic E-state index is -3.06. The van der Waals surface area contributed by atoms with E-state index in [-0.39, 0.29) is 0 Å². The van der Waals surface area contributed by atoms with Crippen LogP contribution in [0.4, 0.5) is 0 Å². The maximum atomic E-state index is 10.9. The van der Waals surface area contributed by atoms with Crippen molar-refractivity contribution < 1.29 is 13.2 Å². The molecule has 2 N–H and O–H groups in total. The van der Waals surface area contributed by atoms with Crippen LogP contribution < -0.4 is 10.0 Å². The molecule has 0 aromatic rings. The number of ether oxygens (including phenoxy) is 1. The highest BCUT2D eigenvalue weighted by molar-refractivity contribution is 7.88. The molecule has 2 unspecified atom stereocenters. The van der Waals surface area contributed by atoms with E-state index in [4.69, 9.17) is 4.74 Å². The summed E-state index contributed by atoms with van der Waals surface area (Å²) < 4.78 is 29.9. The molecule has 6 heteroatoms. The van der Waals surface area contributed by atoms with Gasteiger partial charge in [0.1, 0.15) is 0 Å². The summed E-state index contributed by atoms with van der Waals surface area (Å²) in [6.07, 6.45) is 5.85. The lowest BCUT2D eigenvalue weighted by atomic mass is 10.0. The highest BCUT2D eigenvalue weighted by Gasteiger charge is 2.21. The van der Waals surface area contributed by atoms with Crippen LogP contribution in [0.3, 0.4) is 0 Å². The summed E-state index contributed by atoms with van der Waals surface area (Å²) in [5.74, 6) is 0. The standard InChI is InChI=1S/C11H24N2O3S/c1-3-4-11-9-10(5-8-16-11)12-6-7-13-17(2,14)15/h10-13H,3-9H2,1-2H3. The molecule has 1 saturated heterocycles. The van der Waals surface area contributed by atoms with Gasteiger partial charge in [-0.3, -0.25) is 0 Å². The topological polar surface area (TPSA) is 67.4 Å². The summed E-state index contributed by atoms with van der Waals surface area (Å²) in [7, 11) is -3.06. The first-order chi connectivity index (χ1) is 8.01. The Morgan fingerprint density at radius 2 is 2.12 bits per heavy atom. The summed E-state index contributed by atoms with van der Waals surface area (Å²) in [5.41, 5.74) is 0. The summed E-state index contributed by atoms with van der Waals surface area (Å²) in [5, 5.41) is 3.38. The van der Waals surface area contributed by atoms with E-state index in [1.54, 1.807) is 0 Å². The molecule has 1 aliphatic rings. The van der Waals surface area contributed by atoms with Crippen molar-refractivity contribution in [1.82, 2.24) is 10.0 Å². The Morgan fingerprint density at radius 1 is 1.35 bits per heavy atom. The molecule has 102 valence electrons. The minimum absolute atomic E-state index is 0.370. The zero-order valence-corrected chi connectivity index (χ0v) is 11.6. The van der Waals surface area contributed by atoms with Gasteiger partial charge in [0.05, 0.1) is 12.4 Å². The summed E-state index contributed by atoms with van der Waals surface area (Å²) >= 11 is 0. The summed E-state index contributed by atoms with van der Waals surface area (Å²) in [4.78, 5) is 0. The Morgan fingerprint density at radius 3 is 2.76 bits per heavy atom. The molecule has 0 radical (unpaired) electrons. The van der Waals surface area contributed by atoms with Gasteiger partial charge < -0.3 is 10.1 Å². The molecule has 17 heavy (non-hydrogen) atoms. The van der Waals surface area contributed by atoms with Crippen molar-refractivity contribution in [3.8, 4) is 0 Å². The average Bonchev–Trinajstić information content (AvgIpc) is 2.24. The first kappa shape index (κ1) is 14.9. The van der Waals surface area contributed by atoms with E-state index < -0.39 is 10.0 Å². The van der Waals surface area contributed by atoms with Crippen LogP contribution in [0.25, 0.3) is 0 Å². The van der Waals surface area contributed by atoms with Gasteiger partial charge in [-0.05, 0) is 19.3 Å². The molecule has 0 bridgehead atoms. The molecule has 0 spiro atoms. The summed E-state index contributed by atoms with van der Waals surface area (Å²) in [6, 6.07) is 0.460. The van der Waals surface area contributed by atoms with Gasteiger partial charge in [-0.15, -0.1) is 0 Å². The molecule has 1 rings (SSSR count). The van der Waals surface area contributed by atoms with Crippen molar-refractivity contribution in [3.05, 3.63) is 0 Å². The molecule has 0 aliphatic carbocycles. The average molecular weight is 264 g/mol. The number of nitrogens with one attached hydrogen (secondary N) is 2. The van der Waals surface area contributed by atoms with Crippen molar-refractivity contribution in [2.24, 2.45) is 0 Å². The van der Waals surface area contributed by atoms with Crippen LogP contribution in [0.15, 0.2) is 0 Å². The molecule has 0 saturated carbocycles. The lowest BCUT2D eigenvalue weighted by Gasteiger charge is -2.30. The third kappa shape index (κ3) is 6.98. The van der Waals surface area contributed by atoms with E-state index in [1.807, 2.05) is 0 Å². The quantitative estimate of drug-likeness (QED) is 0.656. The van der Waals surface area contributed by atoms with Gasteiger partial charge in [-0.2, -0.15) is 0 Å². The van der Waals surface area contributed by atoms with E-state index in [0.717, 1.165) is 32.3 Å². The zero-order chi connectivity index (χ0) is 12.7. The molecule has 0 aromatic carbocycles. The van der Waals surface area contributed by atoms with Crippen LogP contribution in [0.1, 0.15) is 32.6 Å². The third-order valence-electron chi connectivity index (χ3n) is 2.90. The fourth-order valence-corrected chi connectivity index (χ4v) is 2.57. The lowest BCUT2D eigenvalue weighted by molar-refractivity contribution is -0.00295. The van der Waals surface area contributed by atoms with Gasteiger partial charge in [0, 0.05) is 25.7 Å². The van der Waals surface area contributed by atoms with Gasteiger partial charge >= 0.3 is 0 Å². The van der Waals surface area contributed by atoms with Crippen molar-refractivity contribution in [2.75, 3.05) is 26.0 Å². The lowest BCUT2D eigenvalue weighted by Crippen LogP contribution is -2.42. The molecule has 2 atom stereocenters. The van der Waals surface area contributed by atoms with Gasteiger partial charge in [0.15, 0.2) is 0 Å². The van der Waals surface area contributed by atoms with E-state index in [2.05, 4.69) is 17.0 Å². The van der Waals surface area contributed by atoms with E-state index in [1.165, 1.54) is 6.26 Å². The van der Waals surface area contributed by atoms with Crippen molar-refractivity contribution in [3.63, 3.8) is 0 Å². The first-order valence-corrected chi connectivity index (χ1v) is 8.20. The first-order valence-electron chi connectivity index (χ1n) is 6.31. The monoisotopic (exact) mass is 264 g/mol. The number of hydrogen-bond acceptors (Lipinski definition) is 4. The predicted octanol–water partition coefficient (Wildman–Crippen LogP) is 0.473. The Hall–Kier alpha value is -0.170. The maximum absolute atomic E-state index is 10.9. The van der Waals surface area contributed by atoms with E-state index in [0.29, 0.717) is 25.2 Å². The number of rotatable bonds is 7. The SMILES string of the molecule is CCCC1CC(NCCNS(C)(=O)=O)CCO1. The molecule has 1 aliphatic heterocycles. The molecule has 0 amide bonds. The number of hydrogen-bond donors (Lipinski definition) is 2. The highest BCUT2D eigenvalue weighted by Crippen LogP contribution is 2.17. The largest absolute Gasteiger partial charge is 0.378 e. The van der Waals surface area contributed by atoms with Gasteiger partial charge in [-0.1, -0.05) is 13.3 Å². The van der Waals surface area contributed by atoms with Crippen molar-refractivity contribution in [1.29, 1.82) is 0 Å². The molecule has 5 nitrogen and oxygen atoms in total. The van der Waals surface area contributed by atoms with Crippen LogP contribution in [0.2, 0.25) is 0 Å². The minimum Gasteiger partial charge on any atom is -0.378 e. The molecular weight excluding hydrogens is 240 g/mol. The Labute approximate surface area is 104 Å².